The molecule has 0 N–H and O–H groups in total. The number of hydrogen-bond donors (Lipinski definition) is 0. The first-order valence-electron chi connectivity index (χ1n) is 10.4. The molecule has 4 rings (SSSR count). The molecule has 1 unspecified atom stereocenters. The van der Waals surface area contributed by atoms with Crippen molar-refractivity contribution in [3.05, 3.63) is 92.5 Å². The molecule has 0 fully saturated rings. The van der Waals surface area contributed by atoms with Gasteiger partial charge < -0.3 is 14.2 Å². The van der Waals surface area contributed by atoms with E-state index in [1.807, 2.05) is 6.07 Å². The third kappa shape index (κ3) is 4.16. The van der Waals surface area contributed by atoms with E-state index in [9.17, 15) is 18.9 Å². The average Bonchev–Trinajstić information content (AvgIpc) is 2.83. The van der Waals surface area contributed by atoms with Gasteiger partial charge in [-0.3, -0.25) is 15.1 Å². The zero-order valence-corrected chi connectivity index (χ0v) is 18.8. The number of rotatable bonds is 7. The molecule has 0 spiro atoms. The molecule has 0 aromatic heterocycles. The second kappa shape index (κ2) is 9.46. The van der Waals surface area contributed by atoms with Gasteiger partial charge in [0.1, 0.15) is 11.6 Å². The van der Waals surface area contributed by atoms with Crippen LogP contribution in [0.5, 0.6) is 17.2 Å². The fourth-order valence-corrected chi connectivity index (χ4v) is 4.23. The van der Waals surface area contributed by atoms with Crippen LogP contribution < -0.4 is 14.2 Å². The van der Waals surface area contributed by atoms with Crippen molar-refractivity contribution in [3.63, 3.8) is 0 Å². The number of aliphatic imine (C=N–C) groups is 1. The third-order valence-corrected chi connectivity index (χ3v) is 5.82. The van der Waals surface area contributed by atoms with Gasteiger partial charge in [-0.2, -0.15) is 0 Å². The summed E-state index contributed by atoms with van der Waals surface area (Å²) < 4.78 is 45.1. The van der Waals surface area contributed by atoms with Crippen LogP contribution in [0.15, 0.2) is 53.5 Å². The molecule has 9 heteroatoms. The van der Waals surface area contributed by atoms with Crippen LogP contribution in [-0.2, 0) is 6.42 Å². The molecule has 176 valence electrons. The SMILES string of the molecule is COc1cc2c(c(OC)c1OC)C(c1ccc(F)cc1F)=NCC2Cc1ccc([N+](=O)[O-])cc1. The zero-order chi connectivity index (χ0) is 24.4. The number of non-ortho nitro benzene ring substituents is 1. The highest BCUT2D eigenvalue weighted by molar-refractivity contribution is 6.16. The van der Waals surface area contributed by atoms with E-state index in [-0.39, 0.29) is 17.2 Å². The lowest BCUT2D eigenvalue weighted by Crippen LogP contribution is -2.22. The number of nitro benzene ring substituents is 1. The van der Waals surface area contributed by atoms with Crippen LogP contribution in [0.2, 0.25) is 0 Å². The average molecular weight is 468 g/mol. The predicted molar refractivity (Wildman–Crippen MR) is 123 cm³/mol. The molecule has 7 nitrogen and oxygen atoms in total. The number of nitro groups is 1. The van der Waals surface area contributed by atoms with Crippen molar-refractivity contribution >= 4 is 11.4 Å². The molecule has 0 saturated carbocycles. The molecule has 0 radical (unpaired) electrons. The molecule has 3 aromatic rings. The first-order valence-corrected chi connectivity index (χ1v) is 10.4. The van der Waals surface area contributed by atoms with Crippen molar-refractivity contribution < 1.29 is 27.9 Å². The molecule has 0 aliphatic carbocycles. The largest absolute Gasteiger partial charge is 0.493 e. The second-order valence-electron chi connectivity index (χ2n) is 7.75. The highest BCUT2D eigenvalue weighted by Crippen LogP contribution is 2.47. The molecular weight excluding hydrogens is 446 g/mol. The van der Waals surface area contributed by atoms with Crippen LogP contribution in [-0.4, -0.2) is 38.5 Å². The van der Waals surface area contributed by atoms with Gasteiger partial charge in [-0.05, 0) is 35.7 Å². The summed E-state index contributed by atoms with van der Waals surface area (Å²) in [7, 11) is 4.45. The van der Waals surface area contributed by atoms with Crippen molar-refractivity contribution in [2.75, 3.05) is 27.9 Å². The minimum absolute atomic E-state index is 0.00737. The van der Waals surface area contributed by atoms with E-state index >= 15 is 0 Å². The smallest absolute Gasteiger partial charge is 0.269 e. The van der Waals surface area contributed by atoms with Gasteiger partial charge in [-0.15, -0.1) is 0 Å². The minimum Gasteiger partial charge on any atom is -0.493 e. The molecule has 1 aliphatic heterocycles. The maximum atomic E-state index is 14.8. The standard InChI is InChI=1S/C25H22F2N2O5/c1-32-21-12-19-15(10-14-4-7-17(8-5-14)29(30)31)13-28-23(18-9-6-16(26)11-20(18)27)22(19)25(34-3)24(21)33-2/h4-9,11-12,15H,10,13H2,1-3H3. The van der Waals surface area contributed by atoms with Gasteiger partial charge >= 0.3 is 0 Å². The number of halogens is 2. The quantitative estimate of drug-likeness (QED) is 0.357. The van der Waals surface area contributed by atoms with Gasteiger partial charge in [-0.25, -0.2) is 8.78 Å². The summed E-state index contributed by atoms with van der Waals surface area (Å²) in [6.07, 6.45) is 0.520. The molecule has 3 aromatic carbocycles. The summed E-state index contributed by atoms with van der Waals surface area (Å²) in [5.41, 5.74) is 2.67. The minimum atomic E-state index is -0.740. The van der Waals surface area contributed by atoms with Crippen LogP contribution in [0.25, 0.3) is 0 Å². The summed E-state index contributed by atoms with van der Waals surface area (Å²) >= 11 is 0. The third-order valence-electron chi connectivity index (χ3n) is 5.82. The summed E-state index contributed by atoms with van der Waals surface area (Å²) in [6, 6.07) is 11.5. The highest BCUT2D eigenvalue weighted by atomic mass is 19.1. The summed E-state index contributed by atoms with van der Waals surface area (Å²) in [4.78, 5) is 15.2. The molecule has 1 aliphatic rings. The molecule has 0 saturated heterocycles. The molecule has 0 bridgehead atoms. The predicted octanol–water partition coefficient (Wildman–Crippen LogP) is 5.08. The monoisotopic (exact) mass is 468 g/mol. The van der Waals surface area contributed by atoms with Crippen LogP contribution in [0.1, 0.15) is 28.2 Å². The van der Waals surface area contributed by atoms with Gasteiger partial charge in [0.25, 0.3) is 5.69 Å². The Morgan fingerprint density at radius 3 is 2.29 bits per heavy atom. The van der Waals surface area contributed by atoms with E-state index < -0.39 is 16.6 Å². The summed E-state index contributed by atoms with van der Waals surface area (Å²) in [5.74, 6) is -0.490. The first-order chi connectivity index (χ1) is 16.4. The molecular formula is C25H22F2N2O5. The zero-order valence-electron chi connectivity index (χ0n) is 18.8. The second-order valence-corrected chi connectivity index (χ2v) is 7.75. The number of benzene rings is 3. The summed E-state index contributed by atoms with van der Waals surface area (Å²) in [6.45, 7) is 0.314. The van der Waals surface area contributed by atoms with Crippen LogP contribution in [0.3, 0.4) is 0 Å². The lowest BCUT2D eigenvalue weighted by atomic mass is 9.82. The number of ether oxygens (including phenoxy) is 3. The van der Waals surface area contributed by atoms with Crippen molar-refractivity contribution in [2.24, 2.45) is 4.99 Å². The van der Waals surface area contributed by atoms with Gasteiger partial charge in [0.05, 0.1) is 37.5 Å². The lowest BCUT2D eigenvalue weighted by molar-refractivity contribution is -0.384. The Kier molecular flexibility index (Phi) is 6.45. The van der Waals surface area contributed by atoms with Crippen molar-refractivity contribution in [1.82, 2.24) is 0 Å². The van der Waals surface area contributed by atoms with Crippen molar-refractivity contribution in [2.45, 2.75) is 12.3 Å². The van der Waals surface area contributed by atoms with Gasteiger partial charge in [-0.1, -0.05) is 12.1 Å². The first kappa shape index (κ1) is 23.2. The topological polar surface area (TPSA) is 83.2 Å². The van der Waals surface area contributed by atoms with Gasteiger partial charge in [0.2, 0.25) is 5.75 Å². The van der Waals surface area contributed by atoms with Crippen LogP contribution >= 0.6 is 0 Å². The Hall–Kier alpha value is -4.01. The number of nitrogens with zero attached hydrogens (tertiary/aromatic N) is 2. The Morgan fingerprint density at radius 2 is 1.71 bits per heavy atom. The Bertz CT molecular complexity index is 1280. The van der Waals surface area contributed by atoms with E-state index in [4.69, 9.17) is 14.2 Å². The maximum Gasteiger partial charge on any atom is 0.269 e. The maximum absolute atomic E-state index is 14.8. The molecule has 1 heterocycles. The number of methoxy groups -OCH3 is 3. The van der Waals surface area contributed by atoms with Crippen LogP contribution in [0.4, 0.5) is 14.5 Å². The van der Waals surface area contributed by atoms with E-state index in [1.165, 1.54) is 45.6 Å². The van der Waals surface area contributed by atoms with E-state index in [1.54, 1.807) is 12.1 Å². The Labute approximate surface area is 194 Å². The van der Waals surface area contributed by atoms with E-state index in [2.05, 4.69) is 4.99 Å². The van der Waals surface area contributed by atoms with Crippen LogP contribution in [0, 0.1) is 21.7 Å². The van der Waals surface area contributed by atoms with Crippen molar-refractivity contribution in [1.29, 1.82) is 0 Å². The highest BCUT2D eigenvalue weighted by Gasteiger charge is 2.32. The number of fused-ring (bicyclic) bond motifs is 1. The molecule has 1 atom stereocenters. The fraction of sp³-hybridized carbons (Fsp3) is 0.240. The fourth-order valence-electron chi connectivity index (χ4n) is 4.23. The molecule has 0 amide bonds. The van der Waals surface area contributed by atoms with Gasteiger partial charge in [0.15, 0.2) is 11.5 Å². The Morgan fingerprint density at radius 1 is 1.00 bits per heavy atom. The normalized spacial score (nSPS) is 14.7. The van der Waals surface area contributed by atoms with Crippen molar-refractivity contribution in [3.8, 4) is 17.2 Å². The Balaban J connectivity index is 1.86. The summed E-state index contributed by atoms with van der Waals surface area (Å²) in [5, 5.41) is 11.0. The number of hydrogen-bond acceptors (Lipinski definition) is 6. The lowest BCUT2D eigenvalue weighted by Gasteiger charge is -2.29. The van der Waals surface area contributed by atoms with E-state index in [0.717, 1.165) is 17.2 Å². The van der Waals surface area contributed by atoms with E-state index in [0.29, 0.717) is 41.5 Å². The molecule has 34 heavy (non-hydrogen) atoms. The van der Waals surface area contributed by atoms with Gasteiger partial charge in [0, 0.05) is 36.2 Å².